The molecule has 0 N–H and O–H groups in total. The van der Waals surface area contributed by atoms with Crippen molar-refractivity contribution in [3.8, 4) is 0 Å². The molecule has 0 amide bonds. The molecule has 0 nitrogen and oxygen atoms in total. The SMILES string of the molecule is [CH-]=CCC.[Cu+].[Li]. The first-order chi connectivity index (χ1) is 1.91. The molecule has 0 fully saturated rings. The van der Waals surface area contributed by atoms with Crippen LogP contribution < -0.4 is 0 Å². The van der Waals surface area contributed by atoms with E-state index in [4.69, 9.17) is 6.58 Å². The number of hydrogen-bond donors (Lipinski definition) is 0. The van der Waals surface area contributed by atoms with Crippen LogP contribution in [0.2, 0.25) is 0 Å². The monoisotopic (exact) mass is 125 g/mol. The molecule has 1 radical (unpaired) electrons. The van der Waals surface area contributed by atoms with Gasteiger partial charge in [-0.3, -0.25) is 6.08 Å². The Labute approximate surface area is 62.0 Å². The summed E-state index contributed by atoms with van der Waals surface area (Å²) in [5.41, 5.74) is 0. The first kappa shape index (κ1) is 15.8. The van der Waals surface area contributed by atoms with E-state index in [1.165, 1.54) is 0 Å². The van der Waals surface area contributed by atoms with Gasteiger partial charge in [0.1, 0.15) is 0 Å². The largest absolute Gasteiger partial charge is 1.00 e. The van der Waals surface area contributed by atoms with E-state index in [9.17, 15) is 0 Å². The van der Waals surface area contributed by atoms with Crippen molar-refractivity contribution in [1.29, 1.82) is 0 Å². The van der Waals surface area contributed by atoms with E-state index in [2.05, 4.69) is 0 Å². The molecule has 0 aromatic heterocycles. The molecule has 0 aromatic carbocycles. The van der Waals surface area contributed by atoms with Crippen LogP contribution in [-0.2, 0) is 17.1 Å². The molecule has 0 rings (SSSR count). The first-order valence-electron chi connectivity index (χ1n) is 1.45. The van der Waals surface area contributed by atoms with Gasteiger partial charge in [0.05, 0.1) is 0 Å². The minimum atomic E-state index is 0. The topological polar surface area (TPSA) is 0 Å². The molecule has 0 unspecified atom stereocenters. The molecule has 2 heteroatoms. The Morgan fingerprint density at radius 2 is 1.83 bits per heavy atom. The summed E-state index contributed by atoms with van der Waals surface area (Å²) in [6.07, 6.45) is 2.60. The number of hydrogen-bond acceptors (Lipinski definition) is 0. The van der Waals surface area contributed by atoms with Gasteiger partial charge in [0.25, 0.3) is 0 Å². The van der Waals surface area contributed by atoms with Crippen molar-refractivity contribution in [1.82, 2.24) is 0 Å². The van der Waals surface area contributed by atoms with Gasteiger partial charge in [-0.05, 0) is 0 Å². The fourth-order valence-corrected chi connectivity index (χ4v) is 0. The van der Waals surface area contributed by atoms with Gasteiger partial charge in [0.15, 0.2) is 0 Å². The van der Waals surface area contributed by atoms with Gasteiger partial charge in [0, 0.05) is 18.9 Å². The molecule has 35 valence electrons. The summed E-state index contributed by atoms with van der Waals surface area (Å²) < 4.78 is 0. The van der Waals surface area contributed by atoms with E-state index >= 15 is 0 Å². The molecule has 0 aliphatic carbocycles. The van der Waals surface area contributed by atoms with Crippen LogP contribution in [0, 0.1) is 6.58 Å². The van der Waals surface area contributed by atoms with E-state index in [0.717, 1.165) is 6.42 Å². The fourth-order valence-electron chi connectivity index (χ4n) is 0. The van der Waals surface area contributed by atoms with Crippen molar-refractivity contribution in [2.75, 3.05) is 0 Å². The average molecular weight is 126 g/mol. The number of allylic oxidation sites excluding steroid dienone is 1. The Morgan fingerprint density at radius 3 is 1.83 bits per heavy atom. The van der Waals surface area contributed by atoms with Crippen LogP contribution >= 0.6 is 0 Å². The quantitative estimate of drug-likeness (QED) is 0.362. The molecule has 0 atom stereocenters. The second-order valence-corrected chi connectivity index (χ2v) is 0.644. The zero-order valence-electron chi connectivity index (χ0n) is 4.16. The van der Waals surface area contributed by atoms with Gasteiger partial charge in [0.2, 0.25) is 0 Å². The predicted molar refractivity (Wildman–Crippen MR) is 24.9 cm³/mol. The summed E-state index contributed by atoms with van der Waals surface area (Å²) in [4.78, 5) is 0. The number of rotatable bonds is 1. The van der Waals surface area contributed by atoms with Crippen LogP contribution in [0.4, 0.5) is 0 Å². The summed E-state index contributed by atoms with van der Waals surface area (Å²) >= 11 is 0. The van der Waals surface area contributed by atoms with Crippen LogP contribution in [0.15, 0.2) is 6.08 Å². The van der Waals surface area contributed by atoms with E-state index in [0.29, 0.717) is 0 Å². The Hall–Kier alpha value is 0.857. The van der Waals surface area contributed by atoms with Crippen LogP contribution in [0.5, 0.6) is 0 Å². The van der Waals surface area contributed by atoms with E-state index < -0.39 is 0 Å². The molecule has 0 saturated carbocycles. The Morgan fingerprint density at radius 1 is 1.67 bits per heavy atom. The molecular weight excluding hydrogens is 119 g/mol. The third kappa shape index (κ3) is 21.0. The van der Waals surface area contributed by atoms with E-state index in [1.807, 2.05) is 6.92 Å². The van der Waals surface area contributed by atoms with Crippen LogP contribution in [0.1, 0.15) is 13.3 Å². The maximum atomic E-state index is 4.90. The second-order valence-electron chi connectivity index (χ2n) is 0.644. The molecule has 0 spiro atoms. The van der Waals surface area contributed by atoms with E-state index in [1.54, 1.807) is 6.08 Å². The molecule has 0 aromatic rings. The van der Waals surface area contributed by atoms with Gasteiger partial charge in [-0.1, -0.05) is 13.3 Å². The minimum Gasteiger partial charge on any atom is -0.518 e. The zero-order valence-corrected chi connectivity index (χ0v) is 5.10. The van der Waals surface area contributed by atoms with Gasteiger partial charge >= 0.3 is 17.1 Å². The Bertz CT molecular complexity index is 21.5. The second kappa shape index (κ2) is 16.9. The van der Waals surface area contributed by atoms with Crippen molar-refractivity contribution in [3.63, 3.8) is 0 Å². The molecule has 6 heavy (non-hydrogen) atoms. The van der Waals surface area contributed by atoms with Crippen LogP contribution in [0.3, 0.4) is 0 Å². The van der Waals surface area contributed by atoms with Crippen molar-refractivity contribution < 1.29 is 17.1 Å². The summed E-state index contributed by atoms with van der Waals surface area (Å²) in [5.74, 6) is 0. The standard InChI is InChI=1S/C4H7.Cu.Li/c1-3-4-2;;/h1,3H,4H2,2H3;;/q-1;+1;. The molecule has 0 heterocycles. The van der Waals surface area contributed by atoms with Gasteiger partial charge in [-0.25, -0.2) is 0 Å². The molecule has 0 aliphatic heterocycles. The van der Waals surface area contributed by atoms with Crippen molar-refractivity contribution in [3.05, 3.63) is 12.7 Å². The normalized spacial score (nSPS) is 4.17. The van der Waals surface area contributed by atoms with Gasteiger partial charge in [-0.2, -0.15) is 0 Å². The Kier molecular flexibility index (Phi) is 44.6. The third-order valence-electron chi connectivity index (χ3n) is 0.236. The van der Waals surface area contributed by atoms with Crippen LogP contribution in [0.25, 0.3) is 0 Å². The smallest absolute Gasteiger partial charge is 0.518 e. The first-order valence-corrected chi connectivity index (χ1v) is 1.45. The van der Waals surface area contributed by atoms with Crippen molar-refractivity contribution in [2.45, 2.75) is 13.3 Å². The molecule has 0 aliphatic rings. The van der Waals surface area contributed by atoms with Crippen molar-refractivity contribution in [2.24, 2.45) is 0 Å². The molecule has 0 saturated heterocycles. The van der Waals surface area contributed by atoms with Gasteiger partial charge in [-0.15, -0.1) is 0 Å². The summed E-state index contributed by atoms with van der Waals surface area (Å²) in [6.45, 7) is 6.90. The van der Waals surface area contributed by atoms with Crippen molar-refractivity contribution >= 4 is 18.9 Å². The van der Waals surface area contributed by atoms with Gasteiger partial charge < -0.3 is 6.58 Å². The maximum Gasteiger partial charge on any atom is 1.00 e. The minimum absolute atomic E-state index is 0. The molecular formula is C4H7CuLi. The maximum absolute atomic E-state index is 4.90. The molecule has 0 bridgehead atoms. The fraction of sp³-hybridized carbons (Fsp3) is 0.500. The van der Waals surface area contributed by atoms with E-state index in [-0.39, 0.29) is 35.9 Å². The third-order valence-corrected chi connectivity index (χ3v) is 0.236. The van der Waals surface area contributed by atoms with Crippen LogP contribution in [-0.4, -0.2) is 18.9 Å². The summed E-state index contributed by atoms with van der Waals surface area (Å²) in [6, 6.07) is 0. The zero-order chi connectivity index (χ0) is 3.41. The predicted octanol–water partition coefficient (Wildman–Crippen LogP) is 1.00. The summed E-state index contributed by atoms with van der Waals surface area (Å²) in [5, 5.41) is 0. The summed E-state index contributed by atoms with van der Waals surface area (Å²) in [7, 11) is 0. The average Bonchev–Trinajstić information content (AvgIpc) is 1.37. The Balaban J connectivity index is -0.0000000450.